The van der Waals surface area contributed by atoms with E-state index >= 15 is 0 Å². The van der Waals surface area contributed by atoms with Crippen LogP contribution in [0.3, 0.4) is 0 Å². The number of aryl methyl sites for hydroxylation is 1. The van der Waals surface area contributed by atoms with Gasteiger partial charge in [0.25, 0.3) is 5.22 Å². The SMILES string of the molecule is Cc1cc(C(=O)CSc2nnc(C3CC3)o2)c(C)n1C(c1ccccc1)c1ccccc1. The number of carbonyl (C=O) groups is 1. The average Bonchev–Trinajstić information content (AvgIpc) is 3.50. The first-order chi connectivity index (χ1) is 15.6. The monoisotopic (exact) mass is 443 g/mol. The molecular formula is C26H25N3O2S. The highest BCUT2D eigenvalue weighted by atomic mass is 32.2. The summed E-state index contributed by atoms with van der Waals surface area (Å²) in [5.74, 6) is 1.46. The number of thioether (sulfide) groups is 1. The van der Waals surface area contributed by atoms with Gasteiger partial charge in [0.15, 0.2) is 5.78 Å². The van der Waals surface area contributed by atoms with Gasteiger partial charge >= 0.3 is 0 Å². The second-order valence-electron chi connectivity index (χ2n) is 8.27. The van der Waals surface area contributed by atoms with E-state index in [1.54, 1.807) is 0 Å². The molecule has 5 rings (SSSR count). The van der Waals surface area contributed by atoms with Crippen molar-refractivity contribution in [2.45, 2.75) is 43.9 Å². The number of hydrogen-bond acceptors (Lipinski definition) is 5. The molecule has 0 N–H and O–H groups in total. The van der Waals surface area contributed by atoms with Crippen molar-refractivity contribution in [1.29, 1.82) is 0 Å². The highest BCUT2D eigenvalue weighted by molar-refractivity contribution is 7.99. The van der Waals surface area contributed by atoms with E-state index in [-0.39, 0.29) is 17.6 Å². The molecule has 0 aliphatic heterocycles. The van der Waals surface area contributed by atoms with E-state index in [4.69, 9.17) is 4.42 Å². The van der Waals surface area contributed by atoms with Crippen molar-refractivity contribution in [1.82, 2.24) is 14.8 Å². The molecule has 0 spiro atoms. The van der Waals surface area contributed by atoms with Crippen LogP contribution in [0.2, 0.25) is 0 Å². The maximum absolute atomic E-state index is 13.1. The van der Waals surface area contributed by atoms with E-state index < -0.39 is 0 Å². The molecule has 5 nitrogen and oxygen atoms in total. The summed E-state index contributed by atoms with van der Waals surface area (Å²) in [5, 5.41) is 8.66. The molecule has 6 heteroatoms. The highest BCUT2D eigenvalue weighted by Crippen LogP contribution is 2.40. The average molecular weight is 444 g/mol. The molecule has 2 aromatic carbocycles. The zero-order valence-corrected chi connectivity index (χ0v) is 19.0. The van der Waals surface area contributed by atoms with E-state index in [2.05, 4.69) is 70.2 Å². The number of benzene rings is 2. The van der Waals surface area contributed by atoms with Gasteiger partial charge in [-0.1, -0.05) is 72.4 Å². The van der Waals surface area contributed by atoms with Gasteiger partial charge in [0.2, 0.25) is 5.89 Å². The van der Waals surface area contributed by atoms with Crippen molar-refractivity contribution in [3.63, 3.8) is 0 Å². The van der Waals surface area contributed by atoms with Crippen molar-refractivity contribution < 1.29 is 9.21 Å². The summed E-state index contributed by atoms with van der Waals surface area (Å²) < 4.78 is 7.95. The molecule has 1 saturated carbocycles. The molecule has 0 radical (unpaired) electrons. The van der Waals surface area contributed by atoms with Crippen LogP contribution in [0.4, 0.5) is 0 Å². The lowest BCUT2D eigenvalue weighted by molar-refractivity contribution is 0.102. The molecule has 2 heterocycles. The van der Waals surface area contributed by atoms with Gasteiger partial charge in [-0.3, -0.25) is 4.79 Å². The molecule has 0 bridgehead atoms. The fourth-order valence-electron chi connectivity index (χ4n) is 4.20. The largest absolute Gasteiger partial charge is 0.416 e. The summed E-state index contributed by atoms with van der Waals surface area (Å²) in [6.07, 6.45) is 2.22. The second-order valence-corrected chi connectivity index (χ2v) is 9.20. The minimum absolute atomic E-state index is 0.00337. The zero-order chi connectivity index (χ0) is 22.1. The fraction of sp³-hybridized carbons (Fsp3) is 0.269. The number of carbonyl (C=O) groups excluding carboxylic acids is 1. The van der Waals surface area contributed by atoms with Crippen LogP contribution >= 0.6 is 11.8 Å². The van der Waals surface area contributed by atoms with Crippen LogP contribution < -0.4 is 0 Å². The van der Waals surface area contributed by atoms with Gasteiger partial charge in [0.1, 0.15) is 0 Å². The maximum atomic E-state index is 13.1. The van der Waals surface area contributed by atoms with Gasteiger partial charge in [-0.25, -0.2) is 0 Å². The fourth-order valence-corrected chi connectivity index (χ4v) is 4.85. The van der Waals surface area contributed by atoms with Crippen LogP contribution in [0.1, 0.15) is 63.6 Å². The summed E-state index contributed by atoms with van der Waals surface area (Å²) in [6.45, 7) is 4.09. The molecule has 0 unspecified atom stereocenters. The smallest absolute Gasteiger partial charge is 0.277 e. The first kappa shape index (κ1) is 20.8. The normalized spacial score (nSPS) is 13.6. The van der Waals surface area contributed by atoms with Crippen LogP contribution in [-0.4, -0.2) is 26.3 Å². The molecule has 162 valence electrons. The molecule has 0 atom stereocenters. The molecule has 1 aliphatic rings. The van der Waals surface area contributed by atoms with Gasteiger partial charge in [-0.2, -0.15) is 0 Å². The Balaban J connectivity index is 1.43. The predicted octanol–water partition coefficient (Wildman–Crippen LogP) is 5.98. The van der Waals surface area contributed by atoms with E-state index in [9.17, 15) is 4.79 Å². The molecule has 32 heavy (non-hydrogen) atoms. The zero-order valence-electron chi connectivity index (χ0n) is 18.2. The van der Waals surface area contributed by atoms with Gasteiger partial charge in [0.05, 0.1) is 11.8 Å². The van der Waals surface area contributed by atoms with Gasteiger partial charge in [-0.15, -0.1) is 10.2 Å². The van der Waals surface area contributed by atoms with E-state index in [0.29, 0.717) is 17.0 Å². The minimum atomic E-state index is 0.00337. The summed E-state index contributed by atoms with van der Waals surface area (Å²) >= 11 is 1.32. The maximum Gasteiger partial charge on any atom is 0.277 e. The molecule has 2 aromatic heterocycles. The van der Waals surface area contributed by atoms with Crippen molar-refractivity contribution in [2.24, 2.45) is 0 Å². The lowest BCUT2D eigenvalue weighted by Gasteiger charge is -2.24. The summed E-state index contributed by atoms with van der Waals surface area (Å²) in [7, 11) is 0. The number of Topliss-reactive ketones (excluding diaryl/α,β-unsaturated/α-hetero) is 1. The Morgan fingerprint density at radius 3 is 2.25 bits per heavy atom. The number of rotatable bonds is 8. The molecule has 1 fully saturated rings. The Morgan fingerprint density at radius 1 is 1.03 bits per heavy atom. The third kappa shape index (κ3) is 4.15. The summed E-state index contributed by atoms with van der Waals surface area (Å²) in [4.78, 5) is 13.1. The van der Waals surface area contributed by atoms with E-state index in [1.165, 1.54) is 22.9 Å². The Hall–Kier alpha value is -3.12. The third-order valence-electron chi connectivity index (χ3n) is 5.95. The first-order valence-corrected chi connectivity index (χ1v) is 11.9. The van der Waals surface area contributed by atoms with Crippen LogP contribution in [0, 0.1) is 13.8 Å². The number of aromatic nitrogens is 3. The highest BCUT2D eigenvalue weighted by Gasteiger charge is 2.30. The van der Waals surface area contributed by atoms with E-state index in [0.717, 1.165) is 29.8 Å². The van der Waals surface area contributed by atoms with Crippen molar-refractivity contribution >= 4 is 17.5 Å². The van der Waals surface area contributed by atoms with Gasteiger partial charge < -0.3 is 8.98 Å². The van der Waals surface area contributed by atoms with Crippen LogP contribution in [0.15, 0.2) is 76.4 Å². The van der Waals surface area contributed by atoms with Crippen LogP contribution in [0.25, 0.3) is 0 Å². The number of ketones is 1. The third-order valence-corrected chi connectivity index (χ3v) is 6.77. The topological polar surface area (TPSA) is 60.9 Å². The summed E-state index contributed by atoms with van der Waals surface area (Å²) in [5.41, 5.74) is 5.14. The second kappa shape index (κ2) is 8.79. The Kier molecular flexibility index (Phi) is 5.70. The Labute approximate surface area is 191 Å². The molecule has 4 aromatic rings. The van der Waals surface area contributed by atoms with Crippen LogP contribution in [0.5, 0.6) is 0 Å². The summed E-state index contributed by atoms with van der Waals surface area (Å²) in [6, 6.07) is 22.8. The van der Waals surface area contributed by atoms with E-state index in [1.807, 2.05) is 25.1 Å². The van der Waals surface area contributed by atoms with Crippen molar-refractivity contribution in [2.75, 3.05) is 5.75 Å². The van der Waals surface area contributed by atoms with Crippen molar-refractivity contribution in [3.05, 3.63) is 101 Å². The molecule has 1 aliphatic carbocycles. The predicted molar refractivity (Wildman–Crippen MR) is 125 cm³/mol. The van der Waals surface area contributed by atoms with Gasteiger partial charge in [-0.05, 0) is 43.9 Å². The quantitative estimate of drug-likeness (QED) is 0.248. The first-order valence-electron chi connectivity index (χ1n) is 10.9. The number of hydrogen-bond donors (Lipinski definition) is 0. The molecule has 0 saturated heterocycles. The number of nitrogens with zero attached hydrogens (tertiary/aromatic N) is 3. The minimum Gasteiger partial charge on any atom is -0.416 e. The Morgan fingerprint density at radius 2 is 1.66 bits per heavy atom. The molecular weight excluding hydrogens is 418 g/mol. The standard InChI is InChI=1S/C26H25N3O2S/c1-17-15-22(23(30)16-32-26-28-27-25(31-26)21-13-14-21)18(2)29(17)24(19-9-5-3-6-10-19)20-11-7-4-8-12-20/h3-12,15,21,24H,13-14,16H2,1-2H3. The molecule has 0 amide bonds. The van der Waals surface area contributed by atoms with Crippen molar-refractivity contribution in [3.8, 4) is 0 Å². The van der Waals surface area contributed by atoms with Crippen LogP contribution in [-0.2, 0) is 0 Å². The lowest BCUT2D eigenvalue weighted by atomic mass is 9.98. The Bertz CT molecular complexity index is 1190. The lowest BCUT2D eigenvalue weighted by Crippen LogP contribution is -2.16. The van der Waals surface area contributed by atoms with Gasteiger partial charge in [0, 0.05) is 22.9 Å².